The number of hydrogen-bond donors (Lipinski definition) is 3. The molecule has 0 aliphatic heterocycles. The molecule has 19 heavy (non-hydrogen) atoms. The Hall–Kier alpha value is -1.59. The molecule has 5 nitrogen and oxygen atoms in total. The number of unbranched alkanes of at least 4 members (excludes halogenated alkanes) is 3. The maximum absolute atomic E-state index is 10.8. The monoisotopic (exact) mass is 270 g/mol. The lowest BCUT2D eigenvalue weighted by molar-refractivity contribution is 0.0600. The molecule has 0 amide bonds. The molecular formula is C14H22O5. The number of phenols is 1. The van der Waals surface area contributed by atoms with E-state index in [1.807, 2.05) is 0 Å². The van der Waals surface area contributed by atoms with Crippen LogP contribution in [-0.4, -0.2) is 41.6 Å². The van der Waals surface area contributed by atoms with Crippen molar-refractivity contribution < 1.29 is 24.9 Å². The molecule has 0 radical (unpaired) electrons. The van der Waals surface area contributed by atoms with E-state index in [2.05, 4.69) is 4.74 Å². The van der Waals surface area contributed by atoms with Gasteiger partial charge in [-0.25, -0.2) is 4.79 Å². The summed E-state index contributed by atoms with van der Waals surface area (Å²) in [5.74, 6) is -0.261. The number of ether oxygens (including phenoxy) is 1. The Bertz CT molecular complexity index is 328. The molecule has 1 rings (SSSR count). The number of phenolic OH excluding ortho intramolecular Hbond substituents is 1. The van der Waals surface area contributed by atoms with Gasteiger partial charge in [0, 0.05) is 13.2 Å². The second-order valence-corrected chi connectivity index (χ2v) is 3.90. The van der Waals surface area contributed by atoms with Gasteiger partial charge in [-0.05, 0) is 37.1 Å². The third-order valence-electron chi connectivity index (χ3n) is 2.35. The minimum atomic E-state index is -0.398. The predicted molar refractivity (Wildman–Crippen MR) is 72.1 cm³/mol. The number of methoxy groups -OCH3 is 1. The van der Waals surface area contributed by atoms with Crippen LogP contribution in [0.5, 0.6) is 5.75 Å². The smallest absolute Gasteiger partial charge is 0.337 e. The van der Waals surface area contributed by atoms with Gasteiger partial charge in [0.15, 0.2) is 0 Å². The summed E-state index contributed by atoms with van der Waals surface area (Å²) in [6, 6.07) is 5.88. The molecule has 1 aromatic carbocycles. The Labute approximate surface area is 113 Å². The molecule has 0 saturated carbocycles. The predicted octanol–water partition coefficient (Wildman–Crippen LogP) is 1.71. The van der Waals surface area contributed by atoms with Gasteiger partial charge < -0.3 is 20.1 Å². The van der Waals surface area contributed by atoms with Crippen molar-refractivity contribution in [3.63, 3.8) is 0 Å². The lowest BCUT2D eigenvalue weighted by atomic mass is 10.2. The van der Waals surface area contributed by atoms with E-state index in [0.29, 0.717) is 5.56 Å². The first kappa shape index (κ1) is 17.4. The molecule has 1 aromatic rings. The first-order chi connectivity index (χ1) is 9.15. The summed E-state index contributed by atoms with van der Waals surface area (Å²) < 4.78 is 4.46. The summed E-state index contributed by atoms with van der Waals surface area (Å²) in [7, 11) is 1.31. The third-order valence-corrected chi connectivity index (χ3v) is 2.35. The van der Waals surface area contributed by atoms with E-state index >= 15 is 0 Å². The van der Waals surface area contributed by atoms with Gasteiger partial charge in [-0.1, -0.05) is 12.8 Å². The second kappa shape index (κ2) is 11.5. The van der Waals surface area contributed by atoms with Crippen LogP contribution < -0.4 is 0 Å². The van der Waals surface area contributed by atoms with Crippen molar-refractivity contribution >= 4 is 5.97 Å². The van der Waals surface area contributed by atoms with Crippen LogP contribution in [0.1, 0.15) is 36.0 Å². The molecule has 0 spiro atoms. The van der Waals surface area contributed by atoms with E-state index < -0.39 is 5.97 Å². The molecule has 0 aliphatic carbocycles. The molecule has 3 N–H and O–H groups in total. The van der Waals surface area contributed by atoms with Crippen LogP contribution in [0.15, 0.2) is 24.3 Å². The van der Waals surface area contributed by atoms with E-state index in [1.54, 1.807) is 0 Å². The number of aromatic hydroxyl groups is 1. The first-order valence-corrected chi connectivity index (χ1v) is 6.24. The Morgan fingerprint density at radius 2 is 1.47 bits per heavy atom. The number of aliphatic hydroxyl groups excluding tert-OH is 2. The first-order valence-electron chi connectivity index (χ1n) is 6.24. The minimum absolute atomic E-state index is 0.137. The summed E-state index contributed by atoms with van der Waals surface area (Å²) >= 11 is 0. The number of benzene rings is 1. The zero-order valence-electron chi connectivity index (χ0n) is 11.2. The molecule has 0 heterocycles. The van der Waals surface area contributed by atoms with Crippen molar-refractivity contribution in [2.75, 3.05) is 20.3 Å². The summed E-state index contributed by atoms with van der Waals surface area (Å²) in [5.41, 5.74) is 0.435. The van der Waals surface area contributed by atoms with Crippen LogP contribution in [0.3, 0.4) is 0 Å². The molecule has 0 aliphatic rings. The van der Waals surface area contributed by atoms with E-state index in [0.717, 1.165) is 25.7 Å². The number of rotatable bonds is 6. The van der Waals surface area contributed by atoms with Gasteiger partial charge in [-0.2, -0.15) is 0 Å². The van der Waals surface area contributed by atoms with E-state index in [-0.39, 0.29) is 19.0 Å². The van der Waals surface area contributed by atoms with Crippen molar-refractivity contribution in [1.82, 2.24) is 0 Å². The average molecular weight is 270 g/mol. The van der Waals surface area contributed by atoms with Crippen molar-refractivity contribution in [2.45, 2.75) is 25.7 Å². The number of hydrogen-bond acceptors (Lipinski definition) is 5. The molecule has 0 aromatic heterocycles. The molecule has 0 unspecified atom stereocenters. The third kappa shape index (κ3) is 9.04. The van der Waals surface area contributed by atoms with Crippen LogP contribution in [0, 0.1) is 0 Å². The second-order valence-electron chi connectivity index (χ2n) is 3.90. The maximum Gasteiger partial charge on any atom is 0.337 e. The maximum atomic E-state index is 10.8. The SMILES string of the molecule is COC(=O)c1ccc(O)cc1.OCCCCCCO. The molecule has 0 saturated heterocycles. The van der Waals surface area contributed by atoms with Crippen LogP contribution in [0.4, 0.5) is 0 Å². The topological polar surface area (TPSA) is 87.0 Å². The molecule has 0 fully saturated rings. The van der Waals surface area contributed by atoms with Gasteiger partial charge in [-0.3, -0.25) is 0 Å². The van der Waals surface area contributed by atoms with E-state index in [1.165, 1.54) is 31.4 Å². The summed E-state index contributed by atoms with van der Waals surface area (Å²) in [6.07, 6.45) is 3.83. The zero-order chi connectivity index (χ0) is 14.5. The zero-order valence-corrected chi connectivity index (χ0v) is 11.2. The fourth-order valence-corrected chi connectivity index (χ4v) is 1.29. The summed E-state index contributed by atoms with van der Waals surface area (Å²) in [6.45, 7) is 0.566. The van der Waals surface area contributed by atoms with Crippen LogP contribution in [0.2, 0.25) is 0 Å². The van der Waals surface area contributed by atoms with E-state index in [4.69, 9.17) is 15.3 Å². The number of carbonyl (C=O) groups is 1. The van der Waals surface area contributed by atoms with Crippen LogP contribution in [0.25, 0.3) is 0 Å². The van der Waals surface area contributed by atoms with Crippen molar-refractivity contribution in [2.24, 2.45) is 0 Å². The summed E-state index contributed by atoms with van der Waals surface area (Å²) in [4.78, 5) is 10.8. The van der Waals surface area contributed by atoms with Crippen molar-refractivity contribution in [3.8, 4) is 5.75 Å². The molecule has 0 atom stereocenters. The van der Waals surface area contributed by atoms with Gasteiger partial charge in [-0.15, -0.1) is 0 Å². The van der Waals surface area contributed by atoms with Gasteiger partial charge in [0.2, 0.25) is 0 Å². The minimum Gasteiger partial charge on any atom is -0.508 e. The highest BCUT2D eigenvalue weighted by Gasteiger charge is 2.02. The molecule has 0 bridgehead atoms. The van der Waals surface area contributed by atoms with Gasteiger partial charge >= 0.3 is 5.97 Å². The lowest BCUT2D eigenvalue weighted by Crippen LogP contribution is -1.99. The van der Waals surface area contributed by atoms with Crippen molar-refractivity contribution in [1.29, 1.82) is 0 Å². The Balaban J connectivity index is 0.000000362. The highest BCUT2D eigenvalue weighted by atomic mass is 16.5. The lowest BCUT2D eigenvalue weighted by Gasteiger charge is -1.97. The Morgan fingerprint density at radius 3 is 1.84 bits per heavy atom. The largest absolute Gasteiger partial charge is 0.508 e. The van der Waals surface area contributed by atoms with Gasteiger partial charge in [0.05, 0.1) is 12.7 Å². The number of aliphatic hydroxyl groups is 2. The normalized spacial score (nSPS) is 9.42. The van der Waals surface area contributed by atoms with Gasteiger partial charge in [0.25, 0.3) is 0 Å². The fraction of sp³-hybridized carbons (Fsp3) is 0.500. The highest BCUT2D eigenvalue weighted by molar-refractivity contribution is 5.89. The van der Waals surface area contributed by atoms with Crippen LogP contribution in [-0.2, 0) is 4.74 Å². The fourth-order valence-electron chi connectivity index (χ4n) is 1.29. The average Bonchev–Trinajstić information content (AvgIpc) is 2.44. The quantitative estimate of drug-likeness (QED) is 0.541. The number of carbonyl (C=O) groups excluding carboxylic acids is 1. The molecule has 5 heteroatoms. The van der Waals surface area contributed by atoms with Crippen molar-refractivity contribution in [3.05, 3.63) is 29.8 Å². The Kier molecular flexibility index (Phi) is 10.5. The molecular weight excluding hydrogens is 248 g/mol. The van der Waals surface area contributed by atoms with E-state index in [9.17, 15) is 4.79 Å². The molecule has 108 valence electrons. The summed E-state index contributed by atoms with van der Waals surface area (Å²) in [5, 5.41) is 25.5. The standard InChI is InChI=1S/C8H8O3.C6H14O2/c1-11-8(10)6-2-4-7(9)5-3-6;7-5-3-1-2-4-6-8/h2-5,9H,1H3;7-8H,1-6H2. The number of esters is 1. The van der Waals surface area contributed by atoms with Gasteiger partial charge in [0.1, 0.15) is 5.75 Å². The van der Waals surface area contributed by atoms with Crippen LogP contribution >= 0.6 is 0 Å². The highest BCUT2D eigenvalue weighted by Crippen LogP contribution is 2.09. The Morgan fingerprint density at radius 1 is 1.00 bits per heavy atom.